The highest BCUT2D eigenvalue weighted by atomic mass is 19.4. The Morgan fingerprint density at radius 1 is 1.06 bits per heavy atom. The molecule has 2 N–H and O–H groups in total. The monoisotopic (exact) mass is 273 g/mol. The van der Waals surface area contributed by atoms with Crippen LogP contribution in [0.15, 0.2) is 18.2 Å². The van der Waals surface area contributed by atoms with Crippen LogP contribution in [0.4, 0.5) is 32.0 Å². The van der Waals surface area contributed by atoms with Crippen LogP contribution in [0.5, 0.6) is 5.75 Å². The van der Waals surface area contributed by atoms with Crippen LogP contribution in [-0.2, 0) is 6.18 Å². The summed E-state index contributed by atoms with van der Waals surface area (Å²) in [7, 11) is 0. The molecule has 0 fully saturated rings. The van der Waals surface area contributed by atoms with E-state index in [2.05, 4.69) is 4.74 Å². The van der Waals surface area contributed by atoms with Crippen molar-refractivity contribution in [2.75, 3.05) is 12.3 Å². The summed E-state index contributed by atoms with van der Waals surface area (Å²) < 4.78 is 77.3. The second kappa shape index (κ2) is 4.95. The van der Waals surface area contributed by atoms with Crippen molar-refractivity contribution in [2.45, 2.75) is 18.8 Å². The standard InChI is InChI=1S/C10H9F6NO/c11-9(12,13)3-4-18-6-1-2-8(17)7(5-6)10(14,15)16/h1-2,5H,3-4,17H2. The normalized spacial score (nSPS) is 12.6. The van der Waals surface area contributed by atoms with E-state index >= 15 is 0 Å². The number of nitrogens with two attached hydrogens (primary N) is 1. The number of halogens is 6. The fourth-order valence-electron chi connectivity index (χ4n) is 1.16. The van der Waals surface area contributed by atoms with Crippen LogP contribution in [0.2, 0.25) is 0 Å². The van der Waals surface area contributed by atoms with E-state index in [0.717, 1.165) is 12.1 Å². The van der Waals surface area contributed by atoms with Crippen LogP contribution < -0.4 is 10.5 Å². The van der Waals surface area contributed by atoms with Gasteiger partial charge in [-0.2, -0.15) is 26.3 Å². The fraction of sp³-hybridized carbons (Fsp3) is 0.400. The molecule has 0 spiro atoms. The number of rotatable bonds is 3. The number of anilines is 1. The maximum absolute atomic E-state index is 12.4. The number of alkyl halides is 6. The zero-order chi connectivity index (χ0) is 14.0. The molecular formula is C10H9F6NO. The first-order valence-electron chi connectivity index (χ1n) is 4.76. The third-order valence-electron chi connectivity index (χ3n) is 1.98. The summed E-state index contributed by atoms with van der Waals surface area (Å²) in [6.45, 7) is -0.745. The van der Waals surface area contributed by atoms with Crippen LogP contribution in [0.1, 0.15) is 12.0 Å². The Labute approximate surface area is 98.3 Å². The van der Waals surface area contributed by atoms with Gasteiger partial charge in [0.2, 0.25) is 0 Å². The molecule has 1 aromatic carbocycles. The number of benzene rings is 1. The number of hydrogen-bond donors (Lipinski definition) is 1. The maximum Gasteiger partial charge on any atom is 0.418 e. The molecule has 1 aromatic rings. The Balaban J connectivity index is 2.74. The minimum atomic E-state index is -4.67. The number of ether oxygens (including phenoxy) is 1. The highest BCUT2D eigenvalue weighted by Gasteiger charge is 2.33. The Morgan fingerprint density at radius 2 is 1.67 bits per heavy atom. The Morgan fingerprint density at radius 3 is 2.17 bits per heavy atom. The third-order valence-corrected chi connectivity index (χ3v) is 1.98. The molecule has 0 amide bonds. The van der Waals surface area contributed by atoms with Gasteiger partial charge in [0.05, 0.1) is 18.6 Å². The van der Waals surface area contributed by atoms with E-state index in [4.69, 9.17) is 5.73 Å². The molecule has 8 heteroatoms. The average molecular weight is 273 g/mol. The average Bonchev–Trinajstić information content (AvgIpc) is 2.17. The summed E-state index contributed by atoms with van der Waals surface area (Å²) in [4.78, 5) is 0. The van der Waals surface area contributed by atoms with E-state index in [0.29, 0.717) is 6.07 Å². The summed E-state index contributed by atoms with van der Waals surface area (Å²) in [6.07, 6.45) is -10.3. The fourth-order valence-corrected chi connectivity index (χ4v) is 1.16. The zero-order valence-electron chi connectivity index (χ0n) is 8.90. The molecule has 0 unspecified atom stereocenters. The van der Waals surface area contributed by atoms with Gasteiger partial charge in [-0.1, -0.05) is 0 Å². The number of nitrogen functional groups attached to an aromatic ring is 1. The van der Waals surface area contributed by atoms with Crippen LogP contribution >= 0.6 is 0 Å². The molecule has 102 valence electrons. The predicted molar refractivity (Wildman–Crippen MR) is 52.0 cm³/mol. The van der Waals surface area contributed by atoms with Crippen molar-refractivity contribution in [3.05, 3.63) is 23.8 Å². The first-order chi connectivity index (χ1) is 8.09. The van der Waals surface area contributed by atoms with Gasteiger partial charge in [-0.3, -0.25) is 0 Å². The lowest BCUT2D eigenvalue weighted by molar-refractivity contribution is -0.140. The van der Waals surface area contributed by atoms with Crippen molar-refractivity contribution in [3.8, 4) is 5.75 Å². The molecule has 0 aromatic heterocycles. The highest BCUT2D eigenvalue weighted by molar-refractivity contribution is 5.51. The molecule has 2 nitrogen and oxygen atoms in total. The van der Waals surface area contributed by atoms with Crippen LogP contribution in [0.25, 0.3) is 0 Å². The van der Waals surface area contributed by atoms with Crippen molar-refractivity contribution < 1.29 is 31.1 Å². The van der Waals surface area contributed by atoms with Crippen molar-refractivity contribution in [3.63, 3.8) is 0 Å². The molecular weight excluding hydrogens is 264 g/mol. The molecule has 0 saturated heterocycles. The van der Waals surface area contributed by atoms with Gasteiger partial charge in [-0.05, 0) is 18.2 Å². The van der Waals surface area contributed by atoms with Crippen molar-refractivity contribution in [1.29, 1.82) is 0 Å². The van der Waals surface area contributed by atoms with E-state index in [1.165, 1.54) is 0 Å². The lowest BCUT2D eigenvalue weighted by Gasteiger charge is -2.13. The summed E-state index contributed by atoms with van der Waals surface area (Å²) >= 11 is 0. The minimum absolute atomic E-state index is 0.305. The van der Waals surface area contributed by atoms with E-state index in [1.807, 2.05) is 0 Å². The minimum Gasteiger partial charge on any atom is -0.493 e. The lowest BCUT2D eigenvalue weighted by atomic mass is 10.1. The van der Waals surface area contributed by atoms with Crippen molar-refractivity contribution in [2.24, 2.45) is 0 Å². The van der Waals surface area contributed by atoms with Gasteiger partial charge in [-0.25, -0.2) is 0 Å². The van der Waals surface area contributed by atoms with Gasteiger partial charge in [0, 0.05) is 5.69 Å². The van der Waals surface area contributed by atoms with Gasteiger partial charge >= 0.3 is 12.4 Å². The van der Waals surface area contributed by atoms with Crippen LogP contribution in [-0.4, -0.2) is 12.8 Å². The zero-order valence-corrected chi connectivity index (χ0v) is 8.90. The summed E-state index contributed by atoms with van der Waals surface area (Å²) in [6, 6.07) is 2.60. The molecule has 0 bridgehead atoms. The SMILES string of the molecule is Nc1ccc(OCCC(F)(F)F)cc1C(F)(F)F. The Hall–Kier alpha value is -1.60. The molecule has 0 aliphatic carbocycles. The van der Waals surface area contributed by atoms with Gasteiger partial charge in [0.25, 0.3) is 0 Å². The molecule has 1 rings (SSSR count). The molecule has 0 atom stereocenters. The molecule has 0 heterocycles. The Kier molecular flexibility index (Phi) is 3.98. The number of hydrogen-bond acceptors (Lipinski definition) is 2. The first-order valence-corrected chi connectivity index (χ1v) is 4.76. The second-order valence-electron chi connectivity index (χ2n) is 3.46. The summed E-state index contributed by atoms with van der Waals surface area (Å²) in [5.41, 5.74) is 3.48. The smallest absolute Gasteiger partial charge is 0.418 e. The third kappa shape index (κ3) is 4.34. The molecule has 0 saturated carbocycles. The topological polar surface area (TPSA) is 35.2 Å². The van der Waals surface area contributed by atoms with Gasteiger partial charge in [0.15, 0.2) is 0 Å². The van der Waals surface area contributed by atoms with E-state index in [-0.39, 0.29) is 5.75 Å². The molecule has 0 aliphatic heterocycles. The van der Waals surface area contributed by atoms with Gasteiger partial charge < -0.3 is 10.5 Å². The van der Waals surface area contributed by atoms with Crippen LogP contribution in [0, 0.1) is 0 Å². The first kappa shape index (κ1) is 14.5. The lowest BCUT2D eigenvalue weighted by Crippen LogP contribution is -2.14. The van der Waals surface area contributed by atoms with E-state index < -0.39 is 36.6 Å². The second-order valence-corrected chi connectivity index (χ2v) is 3.46. The van der Waals surface area contributed by atoms with Crippen molar-refractivity contribution >= 4 is 5.69 Å². The predicted octanol–water partition coefficient (Wildman–Crippen LogP) is 3.62. The van der Waals surface area contributed by atoms with E-state index in [1.54, 1.807) is 0 Å². The van der Waals surface area contributed by atoms with Crippen LogP contribution in [0.3, 0.4) is 0 Å². The molecule has 0 aliphatic rings. The quantitative estimate of drug-likeness (QED) is 0.674. The summed E-state index contributed by atoms with van der Waals surface area (Å²) in [5, 5.41) is 0. The maximum atomic E-state index is 12.4. The van der Waals surface area contributed by atoms with Crippen molar-refractivity contribution in [1.82, 2.24) is 0 Å². The van der Waals surface area contributed by atoms with E-state index in [9.17, 15) is 26.3 Å². The highest BCUT2D eigenvalue weighted by Crippen LogP contribution is 2.35. The summed E-state index contributed by atoms with van der Waals surface area (Å²) in [5.74, 6) is -0.305. The molecule has 18 heavy (non-hydrogen) atoms. The van der Waals surface area contributed by atoms with Gasteiger partial charge in [0.1, 0.15) is 5.75 Å². The Bertz CT molecular complexity index is 412. The van der Waals surface area contributed by atoms with Gasteiger partial charge in [-0.15, -0.1) is 0 Å². The molecule has 0 radical (unpaired) electrons. The largest absolute Gasteiger partial charge is 0.493 e.